The average molecular weight is 439 g/mol. The van der Waals surface area contributed by atoms with E-state index in [1.54, 1.807) is 18.2 Å². The molecule has 1 N–H and O–H groups in total. The maximum Gasteiger partial charge on any atom is 0.337 e. The normalized spacial score (nSPS) is 11.2. The molecule has 0 radical (unpaired) electrons. The lowest BCUT2D eigenvalue weighted by atomic mass is 10.1. The van der Waals surface area contributed by atoms with E-state index in [-0.39, 0.29) is 22.6 Å². The van der Waals surface area contributed by atoms with Crippen LogP contribution in [-0.2, 0) is 21.3 Å². The predicted octanol–water partition coefficient (Wildman–Crippen LogP) is 3.55. The van der Waals surface area contributed by atoms with Crippen molar-refractivity contribution >= 4 is 27.6 Å². The van der Waals surface area contributed by atoms with Crippen molar-refractivity contribution in [1.82, 2.24) is 4.31 Å². The van der Waals surface area contributed by atoms with Crippen molar-refractivity contribution in [2.45, 2.75) is 11.4 Å². The second kappa shape index (κ2) is 9.55. The van der Waals surface area contributed by atoms with Crippen molar-refractivity contribution in [3.8, 4) is 0 Å². The molecule has 3 aromatic rings. The van der Waals surface area contributed by atoms with Gasteiger partial charge in [0.25, 0.3) is 5.91 Å². The van der Waals surface area contributed by atoms with Crippen LogP contribution in [0.5, 0.6) is 0 Å². The van der Waals surface area contributed by atoms with Crippen molar-refractivity contribution in [2.75, 3.05) is 19.5 Å². The number of nitrogens with one attached hydrogen (secondary N) is 1. The first-order valence-corrected chi connectivity index (χ1v) is 10.9. The van der Waals surface area contributed by atoms with E-state index in [2.05, 4.69) is 10.1 Å². The van der Waals surface area contributed by atoms with Crippen molar-refractivity contribution in [3.63, 3.8) is 0 Å². The smallest absolute Gasteiger partial charge is 0.337 e. The molecule has 8 heteroatoms. The van der Waals surface area contributed by atoms with Gasteiger partial charge in [-0.2, -0.15) is 4.31 Å². The number of anilines is 1. The Bertz CT molecular complexity index is 1180. The summed E-state index contributed by atoms with van der Waals surface area (Å²) in [6.45, 7) is 0.248. The Morgan fingerprint density at radius 3 is 2.19 bits per heavy atom. The molecule has 3 aromatic carbocycles. The first-order valence-electron chi connectivity index (χ1n) is 9.41. The second-order valence-corrected chi connectivity index (χ2v) is 8.84. The van der Waals surface area contributed by atoms with Crippen LogP contribution in [-0.4, -0.2) is 38.8 Å². The Balaban J connectivity index is 1.71. The average Bonchev–Trinajstić information content (AvgIpc) is 2.79. The summed E-state index contributed by atoms with van der Waals surface area (Å²) in [6.07, 6.45) is 0. The Labute approximate surface area is 181 Å². The van der Waals surface area contributed by atoms with Crippen LogP contribution in [0.25, 0.3) is 0 Å². The molecule has 3 rings (SSSR count). The lowest BCUT2D eigenvalue weighted by molar-refractivity contribution is 0.0600. The molecule has 0 bridgehead atoms. The number of ether oxygens (including phenoxy) is 1. The zero-order chi connectivity index (χ0) is 22.4. The Morgan fingerprint density at radius 1 is 0.903 bits per heavy atom. The zero-order valence-electron chi connectivity index (χ0n) is 17.1. The molecule has 0 fully saturated rings. The second-order valence-electron chi connectivity index (χ2n) is 6.80. The molecule has 7 nitrogen and oxygen atoms in total. The number of hydrogen-bond acceptors (Lipinski definition) is 5. The SMILES string of the molecule is COC(=O)c1cccc(C(=O)Nc2ccc(S(=O)(=O)N(C)Cc3ccccc3)cc2)c1. The fourth-order valence-corrected chi connectivity index (χ4v) is 4.08. The maximum absolute atomic E-state index is 12.8. The third kappa shape index (κ3) is 5.36. The van der Waals surface area contributed by atoms with Gasteiger partial charge < -0.3 is 10.1 Å². The van der Waals surface area contributed by atoms with Crippen LogP contribution in [0.15, 0.2) is 83.8 Å². The van der Waals surface area contributed by atoms with E-state index in [9.17, 15) is 18.0 Å². The molecule has 0 aromatic heterocycles. The van der Waals surface area contributed by atoms with Gasteiger partial charge in [0.05, 0.1) is 17.6 Å². The number of sulfonamides is 1. The highest BCUT2D eigenvalue weighted by atomic mass is 32.2. The van der Waals surface area contributed by atoms with E-state index in [1.807, 2.05) is 30.3 Å². The topological polar surface area (TPSA) is 92.8 Å². The van der Waals surface area contributed by atoms with Crippen molar-refractivity contribution in [3.05, 3.63) is 95.6 Å². The minimum Gasteiger partial charge on any atom is -0.465 e. The van der Waals surface area contributed by atoms with Crippen molar-refractivity contribution in [2.24, 2.45) is 0 Å². The molecule has 1 amide bonds. The van der Waals surface area contributed by atoms with E-state index < -0.39 is 21.9 Å². The Hall–Kier alpha value is -3.49. The molecule has 0 aliphatic rings. The molecule has 0 atom stereocenters. The highest BCUT2D eigenvalue weighted by Gasteiger charge is 2.21. The zero-order valence-corrected chi connectivity index (χ0v) is 17.9. The van der Waals surface area contributed by atoms with Crippen LogP contribution in [0.3, 0.4) is 0 Å². The summed E-state index contributed by atoms with van der Waals surface area (Å²) in [4.78, 5) is 24.2. The van der Waals surface area contributed by atoms with E-state index in [1.165, 1.54) is 48.8 Å². The fraction of sp³-hybridized carbons (Fsp3) is 0.130. The molecule has 0 aliphatic carbocycles. The van der Waals surface area contributed by atoms with Gasteiger partial charge in [-0.25, -0.2) is 13.2 Å². The number of esters is 1. The first-order chi connectivity index (χ1) is 14.8. The van der Waals surface area contributed by atoms with Gasteiger partial charge in [-0.1, -0.05) is 36.4 Å². The molecule has 0 saturated heterocycles. The fourth-order valence-electron chi connectivity index (χ4n) is 2.92. The minimum absolute atomic E-state index is 0.122. The van der Waals surface area contributed by atoms with Crippen molar-refractivity contribution in [1.29, 1.82) is 0 Å². The van der Waals surface area contributed by atoms with Gasteiger partial charge in [0, 0.05) is 24.8 Å². The summed E-state index contributed by atoms with van der Waals surface area (Å²) in [5.41, 5.74) is 1.85. The Kier molecular flexibility index (Phi) is 6.84. The van der Waals surface area contributed by atoms with Gasteiger partial charge >= 0.3 is 5.97 Å². The number of benzene rings is 3. The monoisotopic (exact) mass is 438 g/mol. The molecule has 0 spiro atoms. The maximum atomic E-state index is 12.8. The quantitative estimate of drug-likeness (QED) is 0.570. The van der Waals surface area contributed by atoms with E-state index in [0.717, 1.165) is 5.56 Å². The van der Waals surface area contributed by atoms with Gasteiger partial charge in [-0.15, -0.1) is 0 Å². The van der Waals surface area contributed by atoms with Crippen LogP contribution in [0.4, 0.5) is 5.69 Å². The highest BCUT2D eigenvalue weighted by molar-refractivity contribution is 7.89. The summed E-state index contributed by atoms with van der Waals surface area (Å²) < 4.78 is 31.6. The number of methoxy groups -OCH3 is 1. The van der Waals surface area contributed by atoms with Gasteiger partial charge in [0.2, 0.25) is 10.0 Å². The molecule has 160 valence electrons. The number of hydrogen-bond donors (Lipinski definition) is 1. The van der Waals surface area contributed by atoms with E-state index in [0.29, 0.717) is 5.69 Å². The summed E-state index contributed by atoms with van der Waals surface area (Å²) in [7, 11) is -0.897. The first kappa shape index (κ1) is 22.2. The molecular formula is C23H22N2O5S. The summed E-state index contributed by atoms with van der Waals surface area (Å²) in [5, 5.41) is 2.69. The van der Waals surface area contributed by atoms with E-state index >= 15 is 0 Å². The number of carbonyl (C=O) groups is 2. The van der Waals surface area contributed by atoms with Gasteiger partial charge in [-0.3, -0.25) is 4.79 Å². The molecule has 0 unspecified atom stereocenters. The minimum atomic E-state index is -3.68. The molecule has 0 aliphatic heterocycles. The highest BCUT2D eigenvalue weighted by Crippen LogP contribution is 2.20. The molecule has 0 heterocycles. The van der Waals surface area contributed by atoms with Crippen LogP contribution >= 0.6 is 0 Å². The summed E-state index contributed by atoms with van der Waals surface area (Å²) >= 11 is 0. The number of nitrogens with zero attached hydrogens (tertiary/aromatic N) is 1. The number of rotatable bonds is 7. The van der Waals surface area contributed by atoms with Gasteiger partial charge in [0.1, 0.15) is 0 Å². The van der Waals surface area contributed by atoms with Crippen LogP contribution < -0.4 is 5.32 Å². The standard InChI is InChI=1S/C23H22N2O5S/c1-25(16-17-7-4-3-5-8-17)31(28,29)21-13-11-20(12-14-21)24-22(26)18-9-6-10-19(15-18)23(27)30-2/h3-15H,16H2,1-2H3,(H,24,26). The van der Waals surface area contributed by atoms with E-state index in [4.69, 9.17) is 0 Å². The van der Waals surface area contributed by atoms with Crippen LogP contribution in [0.1, 0.15) is 26.3 Å². The van der Waals surface area contributed by atoms with Crippen molar-refractivity contribution < 1.29 is 22.7 Å². The molecular weight excluding hydrogens is 416 g/mol. The van der Waals surface area contributed by atoms with Gasteiger partial charge in [-0.05, 0) is 48.0 Å². The number of amides is 1. The third-order valence-corrected chi connectivity index (χ3v) is 6.43. The summed E-state index contributed by atoms with van der Waals surface area (Å²) in [6, 6.07) is 21.4. The predicted molar refractivity (Wildman–Crippen MR) is 117 cm³/mol. The Morgan fingerprint density at radius 2 is 1.55 bits per heavy atom. The third-order valence-electron chi connectivity index (χ3n) is 4.61. The molecule has 31 heavy (non-hydrogen) atoms. The summed E-state index contributed by atoms with van der Waals surface area (Å²) in [5.74, 6) is -0.966. The lowest BCUT2D eigenvalue weighted by Crippen LogP contribution is -2.26. The van der Waals surface area contributed by atoms with Gasteiger partial charge in [0.15, 0.2) is 0 Å². The molecule has 0 saturated carbocycles. The lowest BCUT2D eigenvalue weighted by Gasteiger charge is -2.17. The largest absolute Gasteiger partial charge is 0.465 e. The van der Waals surface area contributed by atoms with Crippen LogP contribution in [0, 0.1) is 0 Å². The number of carbonyl (C=O) groups excluding carboxylic acids is 2. The van der Waals surface area contributed by atoms with Crippen LogP contribution in [0.2, 0.25) is 0 Å².